The minimum absolute atomic E-state index is 0.207. The Morgan fingerprint density at radius 2 is 1.87 bits per heavy atom. The highest BCUT2D eigenvalue weighted by atomic mass is 16.5. The standard InChI is InChI=1S/C22H33N7O2/c1-31-21-5-3-20(4-6-21)27-11-2-10-26(15-16-27)17-19-7-12-28(13-8-19)22(30)9-14-29-18-23-24-25-29/h3-6,18-19H,2,7-17H2,1H3. The molecule has 2 aliphatic rings. The van der Waals surface area contributed by atoms with Gasteiger partial charge in [-0.3, -0.25) is 4.79 Å². The summed E-state index contributed by atoms with van der Waals surface area (Å²) in [7, 11) is 1.70. The first kappa shape index (κ1) is 21.5. The molecule has 2 saturated heterocycles. The Balaban J connectivity index is 1.18. The van der Waals surface area contributed by atoms with Crippen molar-refractivity contribution in [3.8, 4) is 5.75 Å². The van der Waals surface area contributed by atoms with Crippen molar-refractivity contribution in [1.29, 1.82) is 0 Å². The molecule has 9 heteroatoms. The number of nitrogens with zero attached hydrogens (tertiary/aromatic N) is 7. The van der Waals surface area contributed by atoms with Gasteiger partial charge in [-0.2, -0.15) is 0 Å². The first-order valence-corrected chi connectivity index (χ1v) is 11.3. The van der Waals surface area contributed by atoms with Crippen LogP contribution >= 0.6 is 0 Å². The Hall–Kier alpha value is -2.68. The SMILES string of the molecule is COc1ccc(N2CCCN(CC3CCN(C(=O)CCn4cnnn4)CC3)CC2)cc1. The summed E-state index contributed by atoms with van der Waals surface area (Å²) in [5.41, 5.74) is 1.27. The van der Waals surface area contributed by atoms with E-state index in [1.807, 2.05) is 17.0 Å². The number of hydrogen-bond acceptors (Lipinski definition) is 7. The molecule has 2 aromatic rings. The third kappa shape index (κ3) is 5.94. The number of anilines is 1. The molecule has 0 radical (unpaired) electrons. The molecule has 4 rings (SSSR count). The van der Waals surface area contributed by atoms with Crippen molar-refractivity contribution in [1.82, 2.24) is 30.0 Å². The largest absolute Gasteiger partial charge is 0.497 e. The van der Waals surface area contributed by atoms with Gasteiger partial charge in [0.15, 0.2) is 0 Å². The van der Waals surface area contributed by atoms with Crippen molar-refractivity contribution in [2.45, 2.75) is 32.2 Å². The van der Waals surface area contributed by atoms with E-state index in [4.69, 9.17) is 4.74 Å². The van der Waals surface area contributed by atoms with Gasteiger partial charge in [0.1, 0.15) is 12.1 Å². The molecule has 0 aliphatic carbocycles. The average molecular weight is 428 g/mol. The minimum atomic E-state index is 0.207. The summed E-state index contributed by atoms with van der Waals surface area (Å²) in [5.74, 6) is 1.79. The van der Waals surface area contributed by atoms with Crippen molar-refractivity contribution in [3.05, 3.63) is 30.6 Å². The number of aryl methyl sites for hydroxylation is 1. The number of carbonyl (C=O) groups excluding carboxylic acids is 1. The lowest BCUT2D eigenvalue weighted by molar-refractivity contribution is -0.133. The first-order chi connectivity index (χ1) is 15.2. The number of likely N-dealkylation sites (tertiary alicyclic amines) is 1. The molecule has 0 saturated carbocycles. The number of piperidine rings is 1. The van der Waals surface area contributed by atoms with Gasteiger partial charge < -0.3 is 19.4 Å². The van der Waals surface area contributed by atoms with Crippen LogP contribution in [0.25, 0.3) is 0 Å². The summed E-state index contributed by atoms with van der Waals surface area (Å²) in [6, 6.07) is 8.38. The second kappa shape index (κ2) is 10.6. The Labute approximate surface area is 183 Å². The normalized spacial score (nSPS) is 18.7. The summed E-state index contributed by atoms with van der Waals surface area (Å²) in [6.07, 6.45) is 5.38. The zero-order valence-corrected chi connectivity index (χ0v) is 18.4. The summed E-state index contributed by atoms with van der Waals surface area (Å²) in [5, 5.41) is 11.0. The van der Waals surface area contributed by atoms with E-state index in [-0.39, 0.29) is 5.91 Å². The molecule has 1 aromatic carbocycles. The van der Waals surface area contributed by atoms with Crippen LogP contribution in [0.4, 0.5) is 5.69 Å². The monoisotopic (exact) mass is 427 g/mol. The van der Waals surface area contributed by atoms with Gasteiger partial charge in [0, 0.05) is 51.4 Å². The number of benzene rings is 1. The van der Waals surface area contributed by atoms with Gasteiger partial charge in [-0.25, -0.2) is 4.68 Å². The third-order valence-electron chi connectivity index (χ3n) is 6.46. The Morgan fingerprint density at radius 3 is 2.58 bits per heavy atom. The number of carbonyl (C=O) groups is 1. The molecule has 1 aromatic heterocycles. The van der Waals surface area contributed by atoms with Gasteiger partial charge in [0.25, 0.3) is 0 Å². The van der Waals surface area contributed by atoms with E-state index in [0.29, 0.717) is 18.9 Å². The van der Waals surface area contributed by atoms with Crippen LogP contribution < -0.4 is 9.64 Å². The van der Waals surface area contributed by atoms with Gasteiger partial charge in [-0.15, -0.1) is 5.10 Å². The van der Waals surface area contributed by atoms with Crippen LogP contribution in [0.3, 0.4) is 0 Å². The molecule has 168 valence electrons. The second-order valence-electron chi connectivity index (χ2n) is 8.49. The molecule has 0 atom stereocenters. The average Bonchev–Trinajstić information content (AvgIpc) is 3.23. The fourth-order valence-corrected chi connectivity index (χ4v) is 4.59. The second-order valence-corrected chi connectivity index (χ2v) is 8.49. The molecule has 0 N–H and O–H groups in total. The molecule has 0 unspecified atom stereocenters. The third-order valence-corrected chi connectivity index (χ3v) is 6.46. The lowest BCUT2D eigenvalue weighted by Crippen LogP contribution is -2.42. The molecule has 2 fully saturated rings. The van der Waals surface area contributed by atoms with Crippen molar-refractivity contribution in [2.24, 2.45) is 5.92 Å². The van der Waals surface area contributed by atoms with Crippen LogP contribution in [-0.2, 0) is 11.3 Å². The number of hydrogen-bond donors (Lipinski definition) is 0. The lowest BCUT2D eigenvalue weighted by Gasteiger charge is -2.34. The number of tetrazole rings is 1. The fraction of sp³-hybridized carbons (Fsp3) is 0.636. The van der Waals surface area contributed by atoms with Crippen LogP contribution in [0.2, 0.25) is 0 Å². The van der Waals surface area contributed by atoms with Crippen molar-refractivity contribution in [2.75, 3.05) is 57.8 Å². The molecular weight excluding hydrogens is 394 g/mol. The van der Waals surface area contributed by atoms with Crippen molar-refractivity contribution in [3.63, 3.8) is 0 Å². The molecule has 0 spiro atoms. The van der Waals surface area contributed by atoms with Crippen molar-refractivity contribution < 1.29 is 9.53 Å². The van der Waals surface area contributed by atoms with E-state index in [2.05, 4.69) is 37.5 Å². The number of aromatic nitrogens is 4. The minimum Gasteiger partial charge on any atom is -0.497 e. The summed E-state index contributed by atoms with van der Waals surface area (Å²) < 4.78 is 6.89. The van der Waals surface area contributed by atoms with E-state index in [0.717, 1.165) is 64.4 Å². The first-order valence-electron chi connectivity index (χ1n) is 11.3. The highest BCUT2D eigenvalue weighted by Gasteiger charge is 2.25. The van der Waals surface area contributed by atoms with Crippen LogP contribution in [-0.4, -0.2) is 88.8 Å². The van der Waals surface area contributed by atoms with Gasteiger partial charge >= 0.3 is 0 Å². The predicted molar refractivity (Wildman–Crippen MR) is 118 cm³/mol. The van der Waals surface area contributed by atoms with Crippen LogP contribution in [0.5, 0.6) is 5.75 Å². The lowest BCUT2D eigenvalue weighted by atomic mass is 9.96. The van der Waals surface area contributed by atoms with Gasteiger partial charge in [0.2, 0.25) is 5.91 Å². The fourth-order valence-electron chi connectivity index (χ4n) is 4.59. The van der Waals surface area contributed by atoms with E-state index < -0.39 is 0 Å². The summed E-state index contributed by atoms with van der Waals surface area (Å²) in [6.45, 7) is 7.82. The molecule has 9 nitrogen and oxygen atoms in total. The number of amides is 1. The highest BCUT2D eigenvalue weighted by Crippen LogP contribution is 2.23. The van der Waals surface area contributed by atoms with Crippen LogP contribution in [0.1, 0.15) is 25.7 Å². The molecule has 31 heavy (non-hydrogen) atoms. The highest BCUT2D eigenvalue weighted by molar-refractivity contribution is 5.76. The maximum atomic E-state index is 12.5. The zero-order chi connectivity index (χ0) is 21.5. The van der Waals surface area contributed by atoms with Crippen LogP contribution in [0, 0.1) is 5.92 Å². The molecule has 0 bridgehead atoms. The maximum Gasteiger partial charge on any atom is 0.224 e. The van der Waals surface area contributed by atoms with Crippen LogP contribution in [0.15, 0.2) is 30.6 Å². The molecule has 3 heterocycles. The quantitative estimate of drug-likeness (QED) is 0.663. The van der Waals surface area contributed by atoms with Gasteiger partial charge in [-0.05, 0) is 66.4 Å². The Bertz CT molecular complexity index is 804. The molecule has 2 aliphatic heterocycles. The number of methoxy groups -OCH3 is 1. The maximum absolute atomic E-state index is 12.5. The number of ether oxygens (including phenoxy) is 1. The van der Waals surface area contributed by atoms with E-state index in [9.17, 15) is 4.79 Å². The summed E-state index contributed by atoms with van der Waals surface area (Å²) in [4.78, 5) is 19.6. The summed E-state index contributed by atoms with van der Waals surface area (Å²) >= 11 is 0. The predicted octanol–water partition coefficient (Wildman–Crippen LogP) is 1.52. The van der Waals surface area contributed by atoms with E-state index in [1.54, 1.807) is 18.1 Å². The molecule has 1 amide bonds. The zero-order valence-electron chi connectivity index (χ0n) is 18.4. The topological polar surface area (TPSA) is 79.6 Å². The van der Waals surface area contributed by atoms with E-state index in [1.165, 1.54) is 12.1 Å². The van der Waals surface area contributed by atoms with Gasteiger partial charge in [0.05, 0.1) is 13.7 Å². The van der Waals surface area contributed by atoms with Crippen molar-refractivity contribution >= 4 is 11.6 Å². The molecular formula is C22H33N7O2. The Morgan fingerprint density at radius 1 is 1.06 bits per heavy atom. The van der Waals surface area contributed by atoms with E-state index >= 15 is 0 Å². The smallest absolute Gasteiger partial charge is 0.224 e. The van der Waals surface area contributed by atoms with Gasteiger partial charge in [-0.1, -0.05) is 0 Å². The Kier molecular flexibility index (Phi) is 7.35. The number of rotatable bonds is 7.